The molecule has 0 heterocycles. The zero-order chi connectivity index (χ0) is 57.6. The first-order valence-corrected chi connectivity index (χ1v) is 32.7. The van der Waals surface area contributed by atoms with Crippen LogP contribution >= 0.6 is 0 Å². The van der Waals surface area contributed by atoms with E-state index in [0.717, 1.165) is 128 Å². The van der Waals surface area contributed by atoms with E-state index in [1.807, 2.05) is 0 Å². The van der Waals surface area contributed by atoms with Gasteiger partial charge in [-0.2, -0.15) is 0 Å². The Kier molecular flexibility index (Phi) is 64.5. The molecule has 450 valence electrons. The van der Waals surface area contributed by atoms with Crippen LogP contribution in [0.4, 0.5) is 0 Å². The van der Waals surface area contributed by atoms with Crippen LogP contribution in [0.2, 0.25) is 0 Å². The van der Waals surface area contributed by atoms with Crippen LogP contribution in [0.3, 0.4) is 0 Å². The average Bonchev–Trinajstić information content (AvgIpc) is 3.46. The molecule has 0 aliphatic heterocycles. The maximum Gasteiger partial charge on any atom is 0.306 e. The molecule has 0 aliphatic carbocycles. The number of carbonyl (C=O) groups excluding carboxylic acids is 2. The van der Waals surface area contributed by atoms with Crippen LogP contribution in [0.25, 0.3) is 0 Å². The van der Waals surface area contributed by atoms with Crippen molar-refractivity contribution in [1.82, 2.24) is 0 Å². The normalized spacial score (nSPS) is 13.4. The van der Waals surface area contributed by atoms with E-state index in [1.165, 1.54) is 116 Å². The highest BCUT2D eigenvalue weighted by Crippen LogP contribution is 2.15. The fraction of sp³-hybridized carbons (Fsp3) is 0.600. The standard InChI is InChI=1S/C75H120O5/c1-3-5-7-9-11-13-15-17-19-21-23-25-27-29-31-33-34-35-36-37-38-39-40-42-44-46-48-50-52-54-56-58-60-62-64-66-68-70-75(78)80-73(71-76)72-79-74(77)69-67-65-63-61-59-57-55-53-51-49-47-45-43-41-32-30-28-26-24-22-20-18-16-14-12-10-8-6-4-2/h5-8,11-14,17-20,23-26,29-32,34-35,37-38,40,42-43,45,73,76H,3-4,9-10,15-16,21-22,27-28,33,36,39,41,44,46-72H2,1-2H3/b7-5-,8-6-,13-11-,14-12-,19-17-,20-18-,25-23-,26-24-,31-29-,32-30-,35-34-,38-37-,42-40-,45-43-. The van der Waals surface area contributed by atoms with Crippen LogP contribution < -0.4 is 0 Å². The second kappa shape index (κ2) is 68.5. The number of rotatable bonds is 58. The van der Waals surface area contributed by atoms with Crippen molar-refractivity contribution >= 4 is 11.9 Å². The Morgan fingerprint density at radius 2 is 0.500 bits per heavy atom. The molecule has 0 saturated carbocycles. The van der Waals surface area contributed by atoms with Crippen molar-refractivity contribution in [3.8, 4) is 0 Å². The molecule has 0 radical (unpaired) electrons. The van der Waals surface area contributed by atoms with Gasteiger partial charge in [0.05, 0.1) is 6.61 Å². The lowest BCUT2D eigenvalue weighted by molar-refractivity contribution is -0.161. The Balaban J connectivity index is 3.56. The number of hydrogen-bond donors (Lipinski definition) is 1. The third kappa shape index (κ3) is 65.8. The summed E-state index contributed by atoms with van der Waals surface area (Å²) in [7, 11) is 0. The van der Waals surface area contributed by atoms with Crippen LogP contribution in [-0.4, -0.2) is 36.4 Å². The number of allylic oxidation sites excluding steroid dienone is 28. The van der Waals surface area contributed by atoms with E-state index in [-0.39, 0.29) is 25.2 Å². The van der Waals surface area contributed by atoms with Crippen LogP contribution in [0.5, 0.6) is 0 Å². The molecule has 80 heavy (non-hydrogen) atoms. The molecule has 0 aromatic heterocycles. The highest BCUT2D eigenvalue weighted by molar-refractivity contribution is 5.70. The summed E-state index contributed by atoms with van der Waals surface area (Å²) in [6, 6.07) is 0. The number of ether oxygens (including phenoxy) is 2. The van der Waals surface area contributed by atoms with Crippen LogP contribution in [0, 0.1) is 0 Å². The van der Waals surface area contributed by atoms with E-state index in [4.69, 9.17) is 9.47 Å². The van der Waals surface area contributed by atoms with Crippen LogP contribution in [0.1, 0.15) is 271 Å². The third-order valence-electron chi connectivity index (χ3n) is 13.5. The van der Waals surface area contributed by atoms with Gasteiger partial charge >= 0.3 is 11.9 Å². The van der Waals surface area contributed by atoms with Gasteiger partial charge in [-0.3, -0.25) is 9.59 Å². The van der Waals surface area contributed by atoms with Crippen molar-refractivity contribution in [3.63, 3.8) is 0 Å². The Morgan fingerprint density at radius 3 is 0.750 bits per heavy atom. The summed E-state index contributed by atoms with van der Waals surface area (Å²) >= 11 is 0. The number of aliphatic hydroxyl groups excluding tert-OH is 1. The summed E-state index contributed by atoms with van der Waals surface area (Å²) < 4.78 is 10.7. The topological polar surface area (TPSA) is 72.8 Å². The highest BCUT2D eigenvalue weighted by atomic mass is 16.6. The van der Waals surface area contributed by atoms with Gasteiger partial charge < -0.3 is 14.6 Å². The molecule has 1 unspecified atom stereocenters. The lowest BCUT2D eigenvalue weighted by atomic mass is 10.0. The lowest BCUT2D eigenvalue weighted by Crippen LogP contribution is -2.28. The largest absolute Gasteiger partial charge is 0.462 e. The van der Waals surface area contributed by atoms with E-state index in [0.29, 0.717) is 12.8 Å². The van der Waals surface area contributed by atoms with Crippen molar-refractivity contribution < 1.29 is 24.2 Å². The molecule has 0 aromatic rings. The first-order valence-electron chi connectivity index (χ1n) is 32.7. The number of esters is 2. The monoisotopic (exact) mass is 1100 g/mol. The van der Waals surface area contributed by atoms with Crippen molar-refractivity contribution in [1.29, 1.82) is 0 Å². The molecule has 0 saturated heterocycles. The molecular formula is C75H120O5. The van der Waals surface area contributed by atoms with Crippen molar-refractivity contribution in [2.24, 2.45) is 0 Å². The van der Waals surface area contributed by atoms with Gasteiger partial charge in [-0.1, -0.05) is 300 Å². The van der Waals surface area contributed by atoms with Crippen LogP contribution in [0.15, 0.2) is 170 Å². The maximum absolute atomic E-state index is 12.4. The fourth-order valence-electron chi connectivity index (χ4n) is 8.69. The van der Waals surface area contributed by atoms with E-state index in [2.05, 4.69) is 184 Å². The van der Waals surface area contributed by atoms with Gasteiger partial charge in [0.15, 0.2) is 6.10 Å². The van der Waals surface area contributed by atoms with Crippen LogP contribution in [-0.2, 0) is 19.1 Å². The molecule has 0 aliphatic rings. The average molecular weight is 1100 g/mol. The molecule has 1 atom stereocenters. The van der Waals surface area contributed by atoms with Gasteiger partial charge in [0.2, 0.25) is 0 Å². The molecule has 0 bridgehead atoms. The first kappa shape index (κ1) is 75.3. The molecule has 0 spiro atoms. The molecule has 1 N–H and O–H groups in total. The van der Waals surface area contributed by atoms with Crippen molar-refractivity contribution in [2.75, 3.05) is 13.2 Å². The molecule has 0 rings (SSSR count). The minimum absolute atomic E-state index is 0.0778. The Labute approximate surface area is 493 Å². The first-order chi connectivity index (χ1) is 39.6. The minimum Gasteiger partial charge on any atom is -0.462 e. The van der Waals surface area contributed by atoms with Gasteiger partial charge in [0, 0.05) is 12.8 Å². The van der Waals surface area contributed by atoms with E-state index < -0.39 is 6.10 Å². The third-order valence-corrected chi connectivity index (χ3v) is 13.5. The predicted octanol–water partition coefficient (Wildman–Crippen LogP) is 22.9. The maximum atomic E-state index is 12.4. The summed E-state index contributed by atoms with van der Waals surface area (Å²) in [5.74, 6) is -0.604. The zero-order valence-corrected chi connectivity index (χ0v) is 51.5. The Morgan fingerprint density at radius 1 is 0.287 bits per heavy atom. The number of unbranched alkanes of at least 4 members (excludes halogenated alkanes) is 22. The second-order valence-electron chi connectivity index (χ2n) is 21.1. The summed E-state index contributed by atoms with van der Waals surface area (Å²) in [5.41, 5.74) is 0. The smallest absolute Gasteiger partial charge is 0.306 e. The van der Waals surface area contributed by atoms with Crippen molar-refractivity contribution in [2.45, 2.75) is 277 Å². The van der Waals surface area contributed by atoms with Gasteiger partial charge in [-0.05, 0) is 128 Å². The molecule has 5 heteroatoms. The van der Waals surface area contributed by atoms with E-state index >= 15 is 0 Å². The molecule has 0 aromatic carbocycles. The van der Waals surface area contributed by atoms with Gasteiger partial charge in [-0.15, -0.1) is 0 Å². The van der Waals surface area contributed by atoms with Gasteiger partial charge in [0.25, 0.3) is 0 Å². The van der Waals surface area contributed by atoms with Crippen molar-refractivity contribution in [3.05, 3.63) is 170 Å². The highest BCUT2D eigenvalue weighted by Gasteiger charge is 2.16. The quantitative estimate of drug-likeness (QED) is 0.0373. The minimum atomic E-state index is -0.788. The zero-order valence-electron chi connectivity index (χ0n) is 51.5. The molecule has 0 fully saturated rings. The summed E-state index contributed by atoms with van der Waals surface area (Å²) in [5, 5.41) is 9.69. The molecule has 5 nitrogen and oxygen atoms in total. The summed E-state index contributed by atoms with van der Waals surface area (Å²) in [6.45, 7) is 3.91. The number of aliphatic hydroxyl groups is 1. The Bertz CT molecular complexity index is 1770. The van der Waals surface area contributed by atoms with E-state index in [1.54, 1.807) is 0 Å². The van der Waals surface area contributed by atoms with E-state index in [9.17, 15) is 14.7 Å². The second-order valence-corrected chi connectivity index (χ2v) is 21.1. The van der Waals surface area contributed by atoms with Gasteiger partial charge in [0.1, 0.15) is 6.61 Å². The fourth-order valence-corrected chi connectivity index (χ4v) is 8.69. The SMILES string of the molecule is CC/C=C\C/C=C\C/C=C\C/C=C\C/C=C\C/C=C\C/C=C\C/C=C\CCCCCCCCCCCCCCC(=O)OC(CO)COC(=O)CCCCCCCCCCCC/C=C\C/C=C\C/C=C\C/C=C\C/C=C\C/C=C\CC. The Hall–Kier alpha value is -4.74. The van der Waals surface area contributed by atoms with Gasteiger partial charge in [-0.25, -0.2) is 0 Å². The summed E-state index contributed by atoms with van der Waals surface area (Å²) in [4.78, 5) is 24.6. The molecular weight excluding hydrogens is 981 g/mol. The lowest BCUT2D eigenvalue weighted by Gasteiger charge is -2.15. The summed E-state index contributed by atoms with van der Waals surface area (Å²) in [6.07, 6.45) is 106. The molecule has 0 amide bonds. The number of hydrogen-bond acceptors (Lipinski definition) is 5. The number of carbonyl (C=O) groups is 2. The predicted molar refractivity (Wildman–Crippen MR) is 352 cm³/mol.